The Morgan fingerprint density at radius 2 is 2.17 bits per heavy atom. The first-order chi connectivity index (χ1) is 8.37. The van der Waals surface area contributed by atoms with Gasteiger partial charge in [-0.05, 0) is 24.6 Å². The standard InChI is InChI=1S/C11H12FNO4S/c1-7-3-4-10(8(12)5-7)18(15,16)13-6-9(13)11(14)17-2/h3-5,9H,6H2,1-2H3. The van der Waals surface area contributed by atoms with Crippen LogP contribution < -0.4 is 0 Å². The fourth-order valence-corrected chi connectivity index (χ4v) is 3.22. The minimum atomic E-state index is -3.96. The van der Waals surface area contributed by atoms with Crippen molar-refractivity contribution in [3.8, 4) is 0 Å². The fourth-order valence-electron chi connectivity index (χ4n) is 1.66. The summed E-state index contributed by atoms with van der Waals surface area (Å²) in [6, 6.07) is 3.02. The maximum absolute atomic E-state index is 13.6. The first kappa shape index (κ1) is 13.0. The predicted molar refractivity (Wildman–Crippen MR) is 60.8 cm³/mol. The summed E-state index contributed by atoms with van der Waals surface area (Å²) in [7, 11) is -2.78. The van der Waals surface area contributed by atoms with Gasteiger partial charge in [-0.3, -0.25) is 4.79 Å². The van der Waals surface area contributed by atoms with Crippen molar-refractivity contribution < 1.29 is 22.3 Å². The third kappa shape index (κ3) is 2.11. The molecule has 1 fully saturated rings. The van der Waals surface area contributed by atoms with Crippen LogP contribution in [-0.4, -0.2) is 38.4 Å². The number of sulfonamides is 1. The van der Waals surface area contributed by atoms with Crippen LogP contribution in [0.25, 0.3) is 0 Å². The number of rotatable bonds is 3. The van der Waals surface area contributed by atoms with Crippen molar-refractivity contribution in [2.24, 2.45) is 0 Å². The van der Waals surface area contributed by atoms with E-state index >= 15 is 0 Å². The van der Waals surface area contributed by atoms with Gasteiger partial charge in [0.2, 0.25) is 10.0 Å². The molecule has 1 heterocycles. The molecule has 0 saturated carbocycles. The Labute approximate surface area is 104 Å². The molecule has 0 aliphatic carbocycles. The Hall–Kier alpha value is -1.47. The second kappa shape index (κ2) is 4.33. The van der Waals surface area contributed by atoms with E-state index in [2.05, 4.69) is 4.74 Å². The van der Waals surface area contributed by atoms with Crippen molar-refractivity contribution in [1.29, 1.82) is 0 Å². The van der Waals surface area contributed by atoms with Gasteiger partial charge in [-0.15, -0.1) is 0 Å². The zero-order valence-electron chi connectivity index (χ0n) is 9.88. The summed E-state index contributed by atoms with van der Waals surface area (Å²) in [6.07, 6.45) is 0. The molecule has 98 valence electrons. The average molecular weight is 273 g/mol. The van der Waals surface area contributed by atoms with Crippen LogP contribution in [0.5, 0.6) is 0 Å². The highest BCUT2D eigenvalue weighted by molar-refractivity contribution is 7.89. The van der Waals surface area contributed by atoms with E-state index in [1.165, 1.54) is 19.2 Å². The number of nitrogens with zero attached hydrogens (tertiary/aromatic N) is 1. The molecule has 0 N–H and O–H groups in total. The lowest BCUT2D eigenvalue weighted by Gasteiger charge is -2.07. The number of methoxy groups -OCH3 is 1. The third-order valence-electron chi connectivity index (χ3n) is 2.71. The Morgan fingerprint density at radius 3 is 2.72 bits per heavy atom. The highest BCUT2D eigenvalue weighted by atomic mass is 32.2. The molecule has 1 aliphatic rings. The summed E-state index contributed by atoms with van der Waals surface area (Å²) in [6.45, 7) is 1.69. The smallest absolute Gasteiger partial charge is 0.325 e. The molecule has 1 saturated heterocycles. The van der Waals surface area contributed by atoms with E-state index < -0.39 is 32.7 Å². The van der Waals surface area contributed by atoms with E-state index in [9.17, 15) is 17.6 Å². The number of ether oxygens (including phenoxy) is 1. The number of aryl methyl sites for hydroxylation is 1. The van der Waals surface area contributed by atoms with Crippen molar-refractivity contribution in [3.63, 3.8) is 0 Å². The Balaban J connectivity index is 2.31. The van der Waals surface area contributed by atoms with Crippen molar-refractivity contribution in [2.75, 3.05) is 13.7 Å². The number of halogens is 1. The predicted octanol–water partition coefficient (Wildman–Crippen LogP) is 0.680. The Bertz CT molecular complexity index is 599. The maximum atomic E-state index is 13.6. The quantitative estimate of drug-likeness (QED) is 0.600. The van der Waals surface area contributed by atoms with Crippen molar-refractivity contribution in [3.05, 3.63) is 29.6 Å². The normalized spacial score (nSPS) is 22.6. The SMILES string of the molecule is COC(=O)C1CN1S(=O)(=O)c1ccc(C)cc1F. The van der Waals surface area contributed by atoms with Gasteiger partial charge in [0.25, 0.3) is 0 Å². The molecule has 0 radical (unpaired) electrons. The van der Waals surface area contributed by atoms with Crippen molar-refractivity contribution in [1.82, 2.24) is 4.31 Å². The van der Waals surface area contributed by atoms with Gasteiger partial charge in [0, 0.05) is 6.54 Å². The lowest BCUT2D eigenvalue weighted by atomic mass is 10.2. The summed E-state index contributed by atoms with van der Waals surface area (Å²) in [4.78, 5) is 10.8. The van der Waals surface area contributed by atoms with Gasteiger partial charge in [-0.2, -0.15) is 4.31 Å². The summed E-state index contributed by atoms with van der Waals surface area (Å²) >= 11 is 0. The van der Waals surface area contributed by atoms with Crippen LogP contribution in [0.4, 0.5) is 4.39 Å². The molecule has 0 bridgehead atoms. The van der Waals surface area contributed by atoms with E-state index in [4.69, 9.17) is 0 Å². The van der Waals surface area contributed by atoms with E-state index in [1.807, 2.05) is 0 Å². The number of hydrogen-bond acceptors (Lipinski definition) is 4. The molecule has 0 aromatic heterocycles. The molecule has 2 rings (SSSR count). The molecule has 1 aromatic carbocycles. The van der Waals surface area contributed by atoms with Crippen molar-refractivity contribution >= 4 is 16.0 Å². The first-order valence-corrected chi connectivity index (χ1v) is 6.67. The second-order valence-corrected chi connectivity index (χ2v) is 5.91. The van der Waals surface area contributed by atoms with E-state index in [0.717, 1.165) is 10.4 Å². The molecule has 18 heavy (non-hydrogen) atoms. The second-order valence-electron chi connectivity index (χ2n) is 4.05. The first-order valence-electron chi connectivity index (χ1n) is 5.23. The number of carbonyl (C=O) groups is 1. The minimum Gasteiger partial charge on any atom is -0.468 e. The van der Waals surface area contributed by atoms with Crippen LogP contribution in [0.1, 0.15) is 5.56 Å². The van der Waals surface area contributed by atoms with E-state index in [0.29, 0.717) is 5.56 Å². The van der Waals surface area contributed by atoms with Gasteiger partial charge in [-0.1, -0.05) is 6.07 Å². The van der Waals surface area contributed by atoms with E-state index in [-0.39, 0.29) is 6.54 Å². The maximum Gasteiger partial charge on any atom is 0.325 e. The summed E-state index contributed by atoms with van der Waals surface area (Å²) < 4.78 is 43.0. The lowest BCUT2D eigenvalue weighted by molar-refractivity contribution is -0.140. The van der Waals surface area contributed by atoms with Gasteiger partial charge in [-0.25, -0.2) is 12.8 Å². The monoisotopic (exact) mass is 273 g/mol. The molecule has 5 nitrogen and oxygen atoms in total. The molecule has 1 aliphatic heterocycles. The Kier molecular flexibility index (Phi) is 3.12. The molecular formula is C11H12FNO4S. The molecule has 2 unspecified atom stereocenters. The molecule has 0 spiro atoms. The zero-order valence-corrected chi connectivity index (χ0v) is 10.7. The number of benzene rings is 1. The zero-order chi connectivity index (χ0) is 13.5. The average Bonchev–Trinajstić information content (AvgIpc) is 3.07. The van der Waals surface area contributed by atoms with Gasteiger partial charge in [0.1, 0.15) is 16.8 Å². The molecule has 2 atom stereocenters. The van der Waals surface area contributed by atoms with Gasteiger partial charge in [0.05, 0.1) is 7.11 Å². The largest absolute Gasteiger partial charge is 0.468 e. The lowest BCUT2D eigenvalue weighted by Crippen LogP contribution is -2.21. The molecule has 0 amide bonds. The summed E-state index contributed by atoms with van der Waals surface area (Å²) in [5.41, 5.74) is 0.627. The number of hydrogen-bond donors (Lipinski definition) is 0. The fraction of sp³-hybridized carbons (Fsp3) is 0.364. The Morgan fingerprint density at radius 1 is 1.50 bits per heavy atom. The highest BCUT2D eigenvalue weighted by Crippen LogP contribution is 2.30. The van der Waals surface area contributed by atoms with Crippen LogP contribution in [0.3, 0.4) is 0 Å². The van der Waals surface area contributed by atoms with Gasteiger partial charge >= 0.3 is 5.97 Å². The van der Waals surface area contributed by atoms with Crippen LogP contribution in [0.15, 0.2) is 23.1 Å². The van der Waals surface area contributed by atoms with Gasteiger partial charge in [0.15, 0.2) is 0 Å². The van der Waals surface area contributed by atoms with Crippen molar-refractivity contribution in [2.45, 2.75) is 17.9 Å². The number of carbonyl (C=O) groups excluding carboxylic acids is 1. The topological polar surface area (TPSA) is 63.5 Å². The molecule has 1 aromatic rings. The third-order valence-corrected chi connectivity index (χ3v) is 4.62. The van der Waals surface area contributed by atoms with Gasteiger partial charge < -0.3 is 4.74 Å². The van der Waals surface area contributed by atoms with Crippen LogP contribution in [-0.2, 0) is 19.6 Å². The molecular weight excluding hydrogens is 261 g/mol. The number of esters is 1. The van der Waals surface area contributed by atoms with Crippen LogP contribution in [0.2, 0.25) is 0 Å². The van der Waals surface area contributed by atoms with E-state index in [1.54, 1.807) is 6.92 Å². The molecule has 7 heteroatoms. The minimum absolute atomic E-state index is 0.0301. The highest BCUT2D eigenvalue weighted by Gasteiger charge is 2.50. The summed E-state index contributed by atoms with van der Waals surface area (Å²) in [5, 5.41) is 0. The van der Waals surface area contributed by atoms with Crippen LogP contribution >= 0.6 is 0 Å². The van der Waals surface area contributed by atoms with Crippen LogP contribution in [0, 0.1) is 12.7 Å². The summed E-state index contributed by atoms with van der Waals surface area (Å²) in [5.74, 6) is -1.45.